The molecule has 34 heavy (non-hydrogen) atoms. The fourth-order valence-electron chi connectivity index (χ4n) is 3.56. The lowest BCUT2D eigenvalue weighted by Crippen LogP contribution is -2.29. The maximum atomic E-state index is 13.7. The van der Waals surface area contributed by atoms with Gasteiger partial charge >= 0.3 is 6.55 Å². The van der Waals surface area contributed by atoms with Gasteiger partial charge in [0, 0.05) is 11.3 Å². The van der Waals surface area contributed by atoms with E-state index >= 15 is 0 Å². The lowest BCUT2D eigenvalue weighted by Gasteiger charge is -2.16. The lowest BCUT2D eigenvalue weighted by atomic mass is 10.2. The number of benzene rings is 3. The molecule has 176 valence electrons. The molecule has 0 aliphatic carbocycles. The Morgan fingerprint density at radius 3 is 2.41 bits per heavy atom. The van der Waals surface area contributed by atoms with Crippen molar-refractivity contribution in [3.8, 4) is 0 Å². The van der Waals surface area contributed by atoms with E-state index in [-0.39, 0.29) is 21.8 Å². The van der Waals surface area contributed by atoms with Gasteiger partial charge in [-0.2, -0.15) is 8.78 Å². The summed E-state index contributed by atoms with van der Waals surface area (Å²) >= 11 is 0. The van der Waals surface area contributed by atoms with Crippen LogP contribution in [-0.2, 0) is 10.0 Å². The topological polar surface area (TPSA) is 93.1 Å². The molecule has 0 aliphatic rings. The van der Waals surface area contributed by atoms with Crippen molar-refractivity contribution in [3.05, 3.63) is 89.7 Å². The number of fused-ring (bicyclic) bond motifs is 1. The molecule has 0 saturated carbocycles. The average molecular weight is 485 g/mol. The molecule has 0 saturated heterocycles. The zero-order valence-corrected chi connectivity index (χ0v) is 19.2. The van der Waals surface area contributed by atoms with Gasteiger partial charge in [0.15, 0.2) is 0 Å². The number of rotatable bonds is 7. The minimum absolute atomic E-state index is 0.00522. The summed E-state index contributed by atoms with van der Waals surface area (Å²) < 4.78 is 56.3. The molecule has 3 aromatic carbocycles. The van der Waals surface area contributed by atoms with E-state index in [1.165, 1.54) is 37.3 Å². The van der Waals surface area contributed by atoms with Gasteiger partial charge in [0.1, 0.15) is 5.82 Å². The number of carbonyl (C=O) groups excluding carboxylic acids is 1. The second-order valence-electron chi connectivity index (χ2n) is 7.80. The second kappa shape index (κ2) is 9.22. The van der Waals surface area contributed by atoms with Crippen LogP contribution in [0.1, 0.15) is 41.3 Å². The van der Waals surface area contributed by atoms with Crippen molar-refractivity contribution in [3.63, 3.8) is 0 Å². The van der Waals surface area contributed by atoms with Crippen molar-refractivity contribution in [2.75, 3.05) is 4.72 Å². The van der Waals surface area contributed by atoms with Crippen LogP contribution in [0.25, 0.3) is 11.0 Å². The highest BCUT2D eigenvalue weighted by Gasteiger charge is 2.24. The van der Waals surface area contributed by atoms with Crippen LogP contribution in [0.5, 0.6) is 0 Å². The SMILES string of the molecule is Cc1ccc(NS(=O)(=O)c2cccc(C(=O)NC(C)c3nc4ccccc4n3C(F)F)c2)cc1. The summed E-state index contributed by atoms with van der Waals surface area (Å²) in [6, 6.07) is 17.9. The van der Waals surface area contributed by atoms with Crippen molar-refractivity contribution in [2.24, 2.45) is 0 Å². The van der Waals surface area contributed by atoms with Gasteiger partial charge in [0.2, 0.25) is 0 Å². The molecule has 4 aromatic rings. The highest BCUT2D eigenvalue weighted by molar-refractivity contribution is 7.92. The lowest BCUT2D eigenvalue weighted by molar-refractivity contribution is 0.0688. The maximum absolute atomic E-state index is 13.7. The predicted octanol–water partition coefficient (Wildman–Crippen LogP) is 5.03. The number of carbonyl (C=O) groups is 1. The molecule has 0 aliphatic heterocycles. The first-order chi connectivity index (χ1) is 16.2. The molecule has 0 fully saturated rings. The van der Waals surface area contributed by atoms with Gasteiger partial charge in [0.05, 0.1) is 22.0 Å². The van der Waals surface area contributed by atoms with Gasteiger partial charge in [-0.3, -0.25) is 14.1 Å². The molecule has 2 N–H and O–H groups in total. The van der Waals surface area contributed by atoms with Gasteiger partial charge in [-0.15, -0.1) is 0 Å². The number of nitrogens with zero attached hydrogens (tertiary/aromatic N) is 2. The molecule has 4 rings (SSSR count). The van der Waals surface area contributed by atoms with E-state index in [0.717, 1.165) is 10.1 Å². The quantitative estimate of drug-likeness (QED) is 0.385. The molecule has 0 radical (unpaired) electrons. The molecule has 0 bridgehead atoms. The summed E-state index contributed by atoms with van der Waals surface area (Å²) in [6.07, 6.45) is 0. The summed E-state index contributed by atoms with van der Waals surface area (Å²) in [5.74, 6) is -0.623. The molecule has 7 nitrogen and oxygen atoms in total. The number of para-hydroxylation sites is 2. The third-order valence-electron chi connectivity index (χ3n) is 5.26. The normalized spacial score (nSPS) is 12.6. The van der Waals surface area contributed by atoms with Gasteiger partial charge in [-0.1, -0.05) is 35.9 Å². The van der Waals surface area contributed by atoms with E-state index in [0.29, 0.717) is 11.2 Å². The molecule has 1 unspecified atom stereocenters. The average Bonchev–Trinajstić information content (AvgIpc) is 3.21. The molecule has 0 spiro atoms. The second-order valence-corrected chi connectivity index (χ2v) is 9.48. The van der Waals surface area contributed by atoms with Crippen LogP contribution in [0.4, 0.5) is 14.5 Å². The maximum Gasteiger partial charge on any atom is 0.320 e. The zero-order chi connectivity index (χ0) is 24.5. The van der Waals surface area contributed by atoms with E-state index in [4.69, 9.17) is 0 Å². The van der Waals surface area contributed by atoms with Crippen molar-refractivity contribution in [1.29, 1.82) is 0 Å². The monoisotopic (exact) mass is 484 g/mol. The molecule has 1 amide bonds. The number of amides is 1. The molecule has 1 aromatic heterocycles. The van der Waals surface area contributed by atoms with Crippen LogP contribution in [0.3, 0.4) is 0 Å². The Hall–Kier alpha value is -3.79. The summed E-state index contributed by atoms with van der Waals surface area (Å²) in [4.78, 5) is 17.0. The number of alkyl halides is 2. The summed E-state index contributed by atoms with van der Waals surface area (Å²) in [7, 11) is -3.94. The fraction of sp³-hybridized carbons (Fsp3) is 0.167. The van der Waals surface area contributed by atoms with Gasteiger partial charge in [0.25, 0.3) is 15.9 Å². The Morgan fingerprint density at radius 2 is 1.71 bits per heavy atom. The number of aryl methyl sites for hydroxylation is 1. The number of anilines is 1. The van der Waals surface area contributed by atoms with Crippen molar-refractivity contribution in [2.45, 2.75) is 31.3 Å². The van der Waals surface area contributed by atoms with Crippen molar-refractivity contribution in [1.82, 2.24) is 14.9 Å². The minimum atomic E-state index is -3.94. The molecule has 1 heterocycles. The van der Waals surface area contributed by atoms with E-state index in [9.17, 15) is 22.0 Å². The Morgan fingerprint density at radius 1 is 1.00 bits per heavy atom. The molecular weight excluding hydrogens is 462 g/mol. The molecular formula is C24H22F2N4O3S. The number of imidazole rings is 1. The molecule has 1 atom stereocenters. The first-order valence-electron chi connectivity index (χ1n) is 10.4. The van der Waals surface area contributed by atoms with Crippen molar-refractivity contribution < 1.29 is 22.0 Å². The number of hydrogen-bond donors (Lipinski definition) is 2. The van der Waals surface area contributed by atoms with E-state index in [2.05, 4.69) is 15.0 Å². The van der Waals surface area contributed by atoms with E-state index in [1.807, 2.05) is 6.92 Å². The zero-order valence-electron chi connectivity index (χ0n) is 18.4. The third-order valence-corrected chi connectivity index (χ3v) is 6.64. The number of halogens is 2. The first kappa shape index (κ1) is 23.4. The minimum Gasteiger partial charge on any atom is -0.342 e. The Kier molecular flexibility index (Phi) is 6.34. The van der Waals surface area contributed by atoms with E-state index in [1.54, 1.807) is 42.5 Å². The van der Waals surface area contributed by atoms with Crippen LogP contribution >= 0.6 is 0 Å². The smallest absolute Gasteiger partial charge is 0.320 e. The number of hydrogen-bond acceptors (Lipinski definition) is 4. The summed E-state index contributed by atoms with van der Waals surface area (Å²) in [5, 5.41) is 2.63. The number of sulfonamides is 1. The van der Waals surface area contributed by atoms with Crippen LogP contribution in [0, 0.1) is 6.92 Å². The van der Waals surface area contributed by atoms with Crippen LogP contribution in [-0.4, -0.2) is 23.9 Å². The van der Waals surface area contributed by atoms with Gasteiger partial charge in [-0.05, 0) is 56.3 Å². The predicted molar refractivity (Wildman–Crippen MR) is 125 cm³/mol. The molecule has 10 heteroatoms. The van der Waals surface area contributed by atoms with Crippen LogP contribution in [0.2, 0.25) is 0 Å². The Bertz CT molecular complexity index is 1450. The van der Waals surface area contributed by atoms with Crippen LogP contribution < -0.4 is 10.0 Å². The number of nitrogens with one attached hydrogen (secondary N) is 2. The first-order valence-corrected chi connectivity index (χ1v) is 11.9. The van der Waals surface area contributed by atoms with Gasteiger partial charge in [-0.25, -0.2) is 13.4 Å². The standard InChI is InChI=1S/C24H22F2N4O3S/c1-15-10-12-18(13-11-15)29-34(32,33)19-7-5-6-17(14-19)23(31)27-16(2)22-28-20-8-3-4-9-21(20)30(22)24(25)26/h3-14,16,24,29H,1-2H3,(H,27,31). The van der Waals surface area contributed by atoms with E-state index < -0.39 is 28.5 Å². The number of aromatic nitrogens is 2. The Labute approximate surface area is 195 Å². The Balaban J connectivity index is 1.56. The fourth-order valence-corrected chi connectivity index (χ4v) is 4.66. The third kappa shape index (κ3) is 4.76. The highest BCUT2D eigenvalue weighted by Crippen LogP contribution is 2.27. The largest absolute Gasteiger partial charge is 0.342 e. The van der Waals surface area contributed by atoms with Crippen molar-refractivity contribution >= 4 is 32.7 Å². The van der Waals surface area contributed by atoms with Gasteiger partial charge < -0.3 is 5.32 Å². The highest BCUT2D eigenvalue weighted by atomic mass is 32.2. The summed E-state index contributed by atoms with van der Waals surface area (Å²) in [5.41, 5.74) is 2.08. The van der Waals surface area contributed by atoms with Crippen LogP contribution in [0.15, 0.2) is 77.7 Å². The summed E-state index contributed by atoms with van der Waals surface area (Å²) in [6.45, 7) is 0.581.